The zero-order valence-corrected chi connectivity index (χ0v) is 16.1. The van der Waals surface area contributed by atoms with Gasteiger partial charge in [-0.05, 0) is 18.4 Å². The molecule has 1 heterocycles. The molecule has 0 fully saturated rings. The van der Waals surface area contributed by atoms with Gasteiger partial charge in [-0.3, -0.25) is 4.79 Å². The van der Waals surface area contributed by atoms with Crippen LogP contribution >= 0.6 is 12.4 Å². The highest BCUT2D eigenvalue weighted by Gasteiger charge is 2.20. The van der Waals surface area contributed by atoms with Crippen LogP contribution in [0.2, 0.25) is 0 Å². The van der Waals surface area contributed by atoms with E-state index in [0.29, 0.717) is 30.0 Å². The molecule has 27 heavy (non-hydrogen) atoms. The number of ether oxygens (including phenoxy) is 2. The van der Waals surface area contributed by atoms with Crippen LogP contribution < -0.4 is 20.5 Å². The third-order valence-electron chi connectivity index (χ3n) is 3.93. The van der Waals surface area contributed by atoms with E-state index >= 15 is 0 Å². The van der Waals surface area contributed by atoms with Gasteiger partial charge in [-0.1, -0.05) is 30.3 Å². The zero-order chi connectivity index (χ0) is 18.6. The molecule has 0 atom stereocenters. The fraction of sp³-hybridized carbons (Fsp3) is 0.278. The average molecular weight is 413 g/mol. The monoisotopic (exact) mass is 412 g/mol. The summed E-state index contributed by atoms with van der Waals surface area (Å²) >= 11 is 0. The predicted octanol–water partition coefficient (Wildman–Crippen LogP) is 2.41. The second-order valence-electron chi connectivity index (χ2n) is 6.02. The number of fused-ring (bicyclic) bond motifs is 1. The Hall–Kier alpha value is -2.45. The number of halogens is 1. The van der Waals surface area contributed by atoms with E-state index in [0.717, 1.165) is 5.56 Å². The van der Waals surface area contributed by atoms with E-state index in [4.69, 9.17) is 15.2 Å². The lowest BCUT2D eigenvalue weighted by Crippen LogP contribution is -2.25. The minimum Gasteiger partial charge on any atom is -0.454 e. The molecule has 3 rings (SSSR count). The van der Waals surface area contributed by atoms with Crippen molar-refractivity contribution in [1.82, 2.24) is 0 Å². The summed E-state index contributed by atoms with van der Waals surface area (Å²) in [6.07, 6.45) is 1.11. The maximum Gasteiger partial charge on any atom is 0.239 e. The standard InChI is InChI=1S/C18H20N2O5S.ClH/c19-14-9-16-17(25-12-24-16)10-15(14)20-18(21)11-26(22,23)8-4-7-13-5-2-1-3-6-13;/h1-3,5-6,9-10H,4,7-8,11-12,19H2,(H,20,21);1H. The predicted molar refractivity (Wildman–Crippen MR) is 106 cm³/mol. The van der Waals surface area contributed by atoms with Gasteiger partial charge in [0, 0.05) is 12.1 Å². The van der Waals surface area contributed by atoms with Crippen LogP contribution in [0.1, 0.15) is 12.0 Å². The van der Waals surface area contributed by atoms with Crippen molar-refractivity contribution in [1.29, 1.82) is 0 Å². The molecule has 1 amide bonds. The van der Waals surface area contributed by atoms with Crippen molar-refractivity contribution in [2.24, 2.45) is 0 Å². The van der Waals surface area contributed by atoms with E-state index in [1.54, 1.807) is 0 Å². The van der Waals surface area contributed by atoms with Crippen molar-refractivity contribution in [3.63, 3.8) is 0 Å². The molecule has 0 aliphatic carbocycles. The number of nitrogen functional groups attached to an aromatic ring is 1. The van der Waals surface area contributed by atoms with E-state index < -0.39 is 21.5 Å². The number of benzene rings is 2. The zero-order valence-electron chi connectivity index (χ0n) is 14.5. The summed E-state index contributed by atoms with van der Waals surface area (Å²) in [5, 5.41) is 2.53. The molecule has 0 radical (unpaired) electrons. The summed E-state index contributed by atoms with van der Waals surface area (Å²) in [6.45, 7) is 0.0853. The summed E-state index contributed by atoms with van der Waals surface area (Å²) < 4.78 is 34.7. The van der Waals surface area contributed by atoms with Gasteiger partial charge in [0.2, 0.25) is 12.7 Å². The minimum absolute atomic E-state index is 0. The van der Waals surface area contributed by atoms with Crippen molar-refractivity contribution in [2.75, 3.05) is 29.3 Å². The Morgan fingerprint density at radius 2 is 1.78 bits per heavy atom. The molecule has 1 aliphatic rings. The summed E-state index contributed by atoms with van der Waals surface area (Å²) in [6, 6.07) is 12.7. The van der Waals surface area contributed by atoms with Crippen LogP contribution in [0.3, 0.4) is 0 Å². The van der Waals surface area contributed by atoms with Gasteiger partial charge in [0.05, 0.1) is 17.1 Å². The molecular weight excluding hydrogens is 392 g/mol. The molecule has 0 unspecified atom stereocenters. The van der Waals surface area contributed by atoms with Crippen LogP contribution in [0, 0.1) is 0 Å². The molecule has 146 valence electrons. The minimum atomic E-state index is -3.50. The Bertz CT molecular complexity index is 903. The quantitative estimate of drug-likeness (QED) is 0.676. The summed E-state index contributed by atoms with van der Waals surface area (Å²) in [4.78, 5) is 12.1. The Labute approximate surface area is 164 Å². The van der Waals surface area contributed by atoms with Crippen LogP contribution in [0.15, 0.2) is 42.5 Å². The molecule has 0 saturated carbocycles. The van der Waals surface area contributed by atoms with Crippen molar-refractivity contribution in [3.05, 3.63) is 48.0 Å². The number of hydrogen-bond acceptors (Lipinski definition) is 6. The van der Waals surface area contributed by atoms with Crippen LogP contribution in [-0.4, -0.2) is 32.6 Å². The number of anilines is 2. The highest BCUT2D eigenvalue weighted by molar-refractivity contribution is 7.92. The number of hydrogen-bond donors (Lipinski definition) is 2. The number of carbonyl (C=O) groups is 1. The van der Waals surface area contributed by atoms with Crippen LogP contribution in [0.25, 0.3) is 0 Å². The first kappa shape index (κ1) is 20.9. The highest BCUT2D eigenvalue weighted by atomic mass is 35.5. The molecule has 0 bridgehead atoms. The van der Waals surface area contributed by atoms with Crippen molar-refractivity contribution < 1.29 is 22.7 Å². The first-order valence-corrected chi connectivity index (χ1v) is 9.98. The normalized spacial score (nSPS) is 12.3. The van der Waals surface area contributed by atoms with Gasteiger partial charge in [-0.25, -0.2) is 8.42 Å². The van der Waals surface area contributed by atoms with Gasteiger partial charge < -0.3 is 20.5 Å². The van der Waals surface area contributed by atoms with E-state index in [1.165, 1.54) is 12.1 Å². The largest absolute Gasteiger partial charge is 0.454 e. The fourth-order valence-electron chi connectivity index (χ4n) is 2.67. The number of nitrogens with two attached hydrogens (primary N) is 1. The van der Waals surface area contributed by atoms with Gasteiger partial charge in [0.15, 0.2) is 21.3 Å². The van der Waals surface area contributed by atoms with Crippen LogP contribution in [0.5, 0.6) is 11.5 Å². The molecule has 1 aliphatic heterocycles. The van der Waals surface area contributed by atoms with Gasteiger partial charge in [0.1, 0.15) is 5.75 Å². The molecule has 0 spiro atoms. The van der Waals surface area contributed by atoms with Crippen molar-refractivity contribution >= 4 is 39.5 Å². The van der Waals surface area contributed by atoms with E-state index in [1.807, 2.05) is 30.3 Å². The number of amides is 1. The first-order valence-electron chi connectivity index (χ1n) is 8.16. The highest BCUT2D eigenvalue weighted by Crippen LogP contribution is 2.38. The molecule has 9 heteroatoms. The van der Waals surface area contributed by atoms with Gasteiger partial charge in [0.25, 0.3) is 0 Å². The number of aryl methyl sites for hydroxylation is 1. The molecule has 0 aromatic heterocycles. The average Bonchev–Trinajstić information content (AvgIpc) is 3.02. The summed E-state index contributed by atoms with van der Waals surface area (Å²) in [5.41, 5.74) is 7.51. The first-order chi connectivity index (χ1) is 12.4. The Morgan fingerprint density at radius 3 is 2.48 bits per heavy atom. The SMILES string of the molecule is Cl.Nc1cc2c(cc1NC(=O)CS(=O)(=O)CCCc1ccccc1)OCO2. The van der Waals surface area contributed by atoms with E-state index in [2.05, 4.69) is 5.32 Å². The number of rotatable bonds is 7. The van der Waals surface area contributed by atoms with Gasteiger partial charge in [-0.15, -0.1) is 12.4 Å². The lowest BCUT2D eigenvalue weighted by Gasteiger charge is -2.10. The molecule has 2 aromatic rings. The molecule has 7 nitrogen and oxygen atoms in total. The lowest BCUT2D eigenvalue weighted by atomic mass is 10.1. The van der Waals surface area contributed by atoms with Crippen molar-refractivity contribution in [2.45, 2.75) is 12.8 Å². The van der Waals surface area contributed by atoms with Gasteiger partial charge >= 0.3 is 0 Å². The molecule has 0 saturated heterocycles. The lowest BCUT2D eigenvalue weighted by molar-refractivity contribution is -0.113. The number of carbonyl (C=O) groups excluding carboxylic acids is 1. The summed E-state index contributed by atoms with van der Waals surface area (Å²) in [5.74, 6) is -0.314. The molecular formula is C18H21ClN2O5S. The van der Waals surface area contributed by atoms with Crippen LogP contribution in [-0.2, 0) is 21.1 Å². The topological polar surface area (TPSA) is 108 Å². The third kappa shape index (κ3) is 5.77. The number of nitrogens with one attached hydrogen (secondary N) is 1. The maximum absolute atomic E-state index is 12.2. The van der Waals surface area contributed by atoms with Crippen molar-refractivity contribution in [3.8, 4) is 11.5 Å². The Balaban J connectivity index is 0.00000261. The molecule has 2 aromatic carbocycles. The second-order valence-corrected chi connectivity index (χ2v) is 8.21. The van der Waals surface area contributed by atoms with E-state index in [9.17, 15) is 13.2 Å². The molecule has 3 N–H and O–H groups in total. The van der Waals surface area contributed by atoms with Gasteiger partial charge in [-0.2, -0.15) is 0 Å². The Kier molecular flexibility index (Phi) is 6.92. The smallest absolute Gasteiger partial charge is 0.239 e. The van der Waals surface area contributed by atoms with E-state index in [-0.39, 0.29) is 30.6 Å². The van der Waals surface area contributed by atoms with Crippen LogP contribution in [0.4, 0.5) is 11.4 Å². The Morgan fingerprint density at radius 1 is 1.11 bits per heavy atom. The third-order valence-corrected chi connectivity index (χ3v) is 5.55. The fourth-order valence-corrected chi connectivity index (χ4v) is 3.87. The second kappa shape index (κ2) is 8.96. The number of sulfone groups is 1. The summed E-state index contributed by atoms with van der Waals surface area (Å²) in [7, 11) is -3.50. The maximum atomic E-state index is 12.2.